The van der Waals surface area contributed by atoms with E-state index in [0.717, 1.165) is 54.2 Å². The highest BCUT2D eigenvalue weighted by molar-refractivity contribution is 5.77. The molecule has 3 aromatic heterocycles. The van der Waals surface area contributed by atoms with Gasteiger partial charge in [-0.2, -0.15) is 4.98 Å². The molecule has 4 spiro atoms. The number of non-ortho nitro benzene ring substituents is 1. The van der Waals surface area contributed by atoms with Gasteiger partial charge < -0.3 is 55.8 Å². The largest absolute Gasteiger partial charge is 0.399 e. The second-order valence-corrected chi connectivity index (χ2v) is 31.2. The second-order valence-electron chi connectivity index (χ2n) is 31.2. The Balaban J connectivity index is 0.000000147. The summed E-state index contributed by atoms with van der Waals surface area (Å²) in [4.78, 5) is 55.1. The topological polar surface area (TPSA) is 202 Å². The lowest BCUT2D eigenvalue weighted by Gasteiger charge is -2.47. The van der Waals surface area contributed by atoms with Gasteiger partial charge >= 0.3 is 0 Å². The molecule has 8 saturated heterocycles. The Kier molecular flexibility index (Phi) is 22.6. The number of likely N-dealkylation sites (tertiary alicyclic amines) is 4. The van der Waals surface area contributed by atoms with Gasteiger partial charge in [0.15, 0.2) is 11.5 Å². The van der Waals surface area contributed by atoms with E-state index in [4.69, 9.17) is 10.7 Å². The first-order chi connectivity index (χ1) is 46.4. The molecule has 8 aliphatic heterocycles. The number of rotatable bonds is 10. The zero-order valence-corrected chi connectivity index (χ0v) is 60.2. The maximum absolute atomic E-state index is 13.3. The number of benzene rings is 3. The zero-order valence-electron chi connectivity index (χ0n) is 60.2. The zero-order chi connectivity index (χ0) is 68.7. The van der Waals surface area contributed by atoms with Gasteiger partial charge in [0, 0.05) is 86.0 Å². The van der Waals surface area contributed by atoms with E-state index in [1.54, 1.807) is 55.1 Å². The molecule has 14 rings (SSSR count). The average molecular weight is 1330 g/mol. The predicted octanol–water partition coefficient (Wildman–Crippen LogP) is 11.9. The number of nitro groups is 1. The predicted molar refractivity (Wildman–Crippen MR) is 397 cm³/mol. The van der Waals surface area contributed by atoms with Crippen molar-refractivity contribution >= 4 is 51.1 Å². The molecular weight excluding hydrogens is 1210 g/mol. The molecule has 0 aliphatic carbocycles. The van der Waals surface area contributed by atoms with Crippen molar-refractivity contribution in [2.24, 2.45) is 21.7 Å². The van der Waals surface area contributed by atoms with E-state index in [0.29, 0.717) is 44.7 Å². The Morgan fingerprint density at radius 2 is 1.02 bits per heavy atom. The first-order valence-electron chi connectivity index (χ1n) is 36.4. The molecule has 0 saturated carbocycles. The Labute approximate surface area is 577 Å². The Morgan fingerprint density at radius 3 is 1.44 bits per heavy atom. The van der Waals surface area contributed by atoms with Crippen LogP contribution in [0.4, 0.5) is 40.1 Å². The molecule has 97 heavy (non-hydrogen) atoms. The number of nitrogens with two attached hydrogens (primary N) is 1. The normalized spacial score (nSPS) is 21.3. The second kappa shape index (κ2) is 30.7. The number of aliphatic hydroxyl groups is 1. The van der Waals surface area contributed by atoms with Crippen LogP contribution in [0.1, 0.15) is 139 Å². The molecular formula is C77H114N16O4. The summed E-state index contributed by atoms with van der Waals surface area (Å²) in [6.45, 7) is 33.1. The highest BCUT2D eigenvalue weighted by Crippen LogP contribution is 2.46. The fraction of sp³-hybridized carbons (Fsp3) is 0.610. The number of anilines is 6. The van der Waals surface area contributed by atoms with Crippen LogP contribution in [-0.4, -0.2) is 187 Å². The Morgan fingerprint density at radius 1 is 0.598 bits per heavy atom. The fourth-order valence-electron chi connectivity index (χ4n) is 16.8. The van der Waals surface area contributed by atoms with E-state index in [1.165, 1.54) is 208 Å². The van der Waals surface area contributed by atoms with Crippen LogP contribution in [0, 0.1) is 52.5 Å². The van der Waals surface area contributed by atoms with Crippen LogP contribution in [0.5, 0.6) is 0 Å². The maximum atomic E-state index is 13.3. The highest BCUT2D eigenvalue weighted by atomic mass is 16.6. The van der Waals surface area contributed by atoms with Gasteiger partial charge in [0.2, 0.25) is 5.95 Å². The minimum atomic E-state index is -1.14. The Hall–Kier alpha value is -6.94. The van der Waals surface area contributed by atoms with Crippen molar-refractivity contribution in [3.05, 3.63) is 135 Å². The lowest BCUT2D eigenvalue weighted by molar-refractivity contribution is -0.384. The molecule has 8 aliphatic rings. The van der Waals surface area contributed by atoms with Gasteiger partial charge in [-0.25, -0.2) is 19.3 Å². The van der Waals surface area contributed by atoms with Crippen molar-refractivity contribution in [2.75, 3.05) is 159 Å². The summed E-state index contributed by atoms with van der Waals surface area (Å²) in [7, 11) is 8.94. The number of hydrogen-bond donors (Lipinski definition) is 4. The number of aromatic nitrogens is 5. The standard InChI is InChI=1S/C33H42N8O2.C17H25N3O2.C17H27N3.C10H20N2/c1-6-16-40-30(42)25-22-34-31(37-29(25)41(40)28-9-7-8-27(36-28)32(3,4)43)35-24-10-11-26(23(2)21-24)39-19-14-33(15-20-39)12-17-38(5)18-13-33;1-14-13-15(20(21)22)3-4-16(14)19-11-7-17(8-12-19)5-9-18(2)10-6-17;1-14-13-15(18)3-4-16(14)20-11-7-17(8-12-20)5-9-19(2)10-6-17;1-12-8-4-10(5-9-12)2-6-11-7-3-10/h6-11,21-22,43H,1,12-20H2,2-5H3,(H,34,35,37);3-4,13H,5-12H2,1-2H3;3-4,13H,5-12,18H2,1-2H3;11H,2-9H2,1H3. The highest BCUT2D eigenvalue weighted by Gasteiger charge is 2.41. The van der Waals surface area contributed by atoms with Crippen LogP contribution in [0.2, 0.25) is 0 Å². The first kappa shape index (κ1) is 71.3. The molecule has 3 aromatic carbocycles. The maximum Gasteiger partial charge on any atom is 0.278 e. The summed E-state index contributed by atoms with van der Waals surface area (Å²) in [5, 5.41) is 28.6. The van der Waals surface area contributed by atoms with E-state index in [1.807, 2.05) is 25.1 Å². The molecule has 11 heterocycles. The third kappa shape index (κ3) is 17.2. The minimum absolute atomic E-state index is 0.185. The molecule has 20 nitrogen and oxygen atoms in total. The van der Waals surface area contributed by atoms with Gasteiger partial charge in [0.25, 0.3) is 11.2 Å². The van der Waals surface area contributed by atoms with Crippen LogP contribution in [-0.2, 0) is 12.1 Å². The van der Waals surface area contributed by atoms with Gasteiger partial charge in [-0.1, -0.05) is 12.1 Å². The number of allylic oxidation sites excluding steroid dienone is 1. The van der Waals surface area contributed by atoms with Crippen molar-refractivity contribution in [1.82, 2.24) is 49.2 Å². The third-order valence-corrected chi connectivity index (χ3v) is 24.0. The molecule has 0 amide bonds. The van der Waals surface area contributed by atoms with Crippen molar-refractivity contribution in [2.45, 2.75) is 149 Å². The lowest BCUT2D eigenvalue weighted by atomic mass is 9.71. The number of nitrogen functional groups attached to an aromatic ring is 1. The smallest absolute Gasteiger partial charge is 0.278 e. The molecule has 6 aromatic rings. The van der Waals surface area contributed by atoms with Crippen LogP contribution < -0.4 is 36.6 Å². The number of piperidine rings is 8. The van der Waals surface area contributed by atoms with Crippen molar-refractivity contribution < 1.29 is 10.0 Å². The van der Waals surface area contributed by atoms with Gasteiger partial charge in [-0.05, 0) is 324 Å². The average Bonchev–Trinajstić information content (AvgIpc) is 1.56. The van der Waals surface area contributed by atoms with E-state index in [2.05, 4.69) is 134 Å². The van der Waals surface area contributed by atoms with Crippen molar-refractivity contribution in [3.8, 4) is 5.82 Å². The van der Waals surface area contributed by atoms with Gasteiger partial charge in [-0.15, -0.1) is 6.58 Å². The van der Waals surface area contributed by atoms with Crippen LogP contribution in [0.3, 0.4) is 0 Å². The number of aryl methyl sites for hydroxylation is 3. The summed E-state index contributed by atoms with van der Waals surface area (Å²) in [6, 6.07) is 23.3. The Bertz CT molecular complexity index is 3670. The fourth-order valence-corrected chi connectivity index (χ4v) is 16.8. The van der Waals surface area contributed by atoms with Crippen LogP contribution in [0.25, 0.3) is 16.9 Å². The van der Waals surface area contributed by atoms with E-state index in [-0.39, 0.29) is 22.7 Å². The molecule has 0 atom stereocenters. The molecule has 0 unspecified atom stereocenters. The summed E-state index contributed by atoms with van der Waals surface area (Å²) < 4.78 is 3.20. The minimum Gasteiger partial charge on any atom is -0.399 e. The summed E-state index contributed by atoms with van der Waals surface area (Å²) >= 11 is 0. The molecule has 0 radical (unpaired) electrons. The monoisotopic (exact) mass is 1330 g/mol. The SMILES string of the molecule is C=CCn1c(=O)c2cnc(Nc3ccc(N4CCC5(CCN(C)CC5)CC4)c(C)c3)nc2n1-c1cccc(C(C)(C)O)n1.CN1CCC2(CCNCC2)CC1.Cc1cc(N)ccc1N1CCC2(CCN(C)CC2)CC1.Cc1cc([N+](=O)[O-])ccc1N1CCC2(CCN(C)CC2)CC1. The summed E-state index contributed by atoms with van der Waals surface area (Å²) in [5.41, 5.74) is 17.1. The van der Waals surface area contributed by atoms with Gasteiger partial charge in [0.1, 0.15) is 11.0 Å². The molecule has 5 N–H and O–H groups in total. The summed E-state index contributed by atoms with van der Waals surface area (Å²) in [6.07, 6.45) is 24.7. The van der Waals surface area contributed by atoms with E-state index in [9.17, 15) is 20.0 Å². The van der Waals surface area contributed by atoms with Crippen LogP contribution in [0.15, 0.2) is 96.4 Å². The van der Waals surface area contributed by atoms with Gasteiger partial charge in [0.05, 0.1) is 17.2 Å². The van der Waals surface area contributed by atoms with Crippen LogP contribution >= 0.6 is 0 Å². The molecule has 8 fully saturated rings. The quantitative estimate of drug-likeness (QED) is 0.0436. The lowest BCUT2D eigenvalue weighted by Crippen LogP contribution is -2.46. The van der Waals surface area contributed by atoms with E-state index < -0.39 is 5.60 Å². The number of nitro benzene ring substituents is 1. The number of nitrogens with one attached hydrogen (secondary N) is 2. The van der Waals surface area contributed by atoms with Gasteiger partial charge in [-0.3, -0.25) is 14.9 Å². The number of fused-ring (bicyclic) bond motifs is 1. The third-order valence-electron chi connectivity index (χ3n) is 24.0. The molecule has 0 bridgehead atoms. The summed E-state index contributed by atoms with van der Waals surface area (Å²) in [5.74, 6) is 0.854. The number of nitrogens with zero attached hydrogens (tertiary/aromatic N) is 13. The molecule has 20 heteroatoms. The van der Waals surface area contributed by atoms with Crippen molar-refractivity contribution in [3.63, 3.8) is 0 Å². The van der Waals surface area contributed by atoms with E-state index >= 15 is 0 Å². The van der Waals surface area contributed by atoms with Crippen molar-refractivity contribution in [1.29, 1.82) is 0 Å². The number of pyridine rings is 1. The first-order valence-corrected chi connectivity index (χ1v) is 36.4. The molecule has 526 valence electrons. The number of hydrogen-bond acceptors (Lipinski definition) is 17.